The molecule has 122 valence electrons. The summed E-state index contributed by atoms with van der Waals surface area (Å²) < 4.78 is 0. The second kappa shape index (κ2) is 7.59. The fourth-order valence-corrected chi connectivity index (χ4v) is 2.65. The van der Waals surface area contributed by atoms with Crippen LogP contribution in [-0.2, 0) is 4.79 Å². The number of Topliss-reactive ketones (excluding diaryl/α,β-unsaturated/α-hetero) is 1. The van der Waals surface area contributed by atoms with Gasteiger partial charge >= 0.3 is 6.09 Å². The smallest absolute Gasteiger partial charge is 0.426 e. The molecule has 23 heavy (non-hydrogen) atoms. The fraction of sp³-hybridized carbons (Fsp3) is 0.267. The Bertz CT molecular complexity index is 652. The maximum Gasteiger partial charge on any atom is 0.426 e. The van der Waals surface area contributed by atoms with Crippen LogP contribution in [0.15, 0.2) is 41.6 Å². The second-order valence-electron chi connectivity index (χ2n) is 4.78. The molecule has 1 aliphatic rings. The third kappa shape index (κ3) is 4.43. The zero-order valence-electron chi connectivity index (χ0n) is 12.6. The average Bonchev–Trinajstić information content (AvgIpc) is 3.06. The van der Waals surface area contributed by atoms with Gasteiger partial charge in [-0.15, -0.1) is 11.3 Å². The molecule has 0 aliphatic carbocycles. The Hall–Kier alpha value is -2.61. The summed E-state index contributed by atoms with van der Waals surface area (Å²) in [4.78, 5) is 37.4. The number of carboxylic acid groups (broad SMARTS) is 1. The monoisotopic (exact) mass is 335 g/mol. The van der Waals surface area contributed by atoms with Gasteiger partial charge in [0.05, 0.1) is 11.4 Å². The van der Waals surface area contributed by atoms with Crippen LogP contribution in [0.5, 0.6) is 0 Å². The summed E-state index contributed by atoms with van der Waals surface area (Å²) in [6, 6.07) is 3.56. The molecule has 0 spiro atoms. The lowest BCUT2D eigenvalue weighted by Crippen LogP contribution is -2.46. The summed E-state index contributed by atoms with van der Waals surface area (Å²) in [5, 5.41) is 11.6. The van der Waals surface area contributed by atoms with Crippen LogP contribution in [0.3, 0.4) is 0 Å². The van der Waals surface area contributed by atoms with E-state index in [0.29, 0.717) is 16.9 Å². The van der Waals surface area contributed by atoms with Crippen molar-refractivity contribution in [2.24, 2.45) is 0 Å². The summed E-state index contributed by atoms with van der Waals surface area (Å²) in [5.74, 6) is -0.532. The van der Waals surface area contributed by atoms with Crippen LogP contribution in [-0.4, -0.2) is 45.9 Å². The summed E-state index contributed by atoms with van der Waals surface area (Å²) in [7, 11) is 0. The predicted molar refractivity (Wildman–Crippen MR) is 85.7 cm³/mol. The maximum absolute atomic E-state index is 12.1. The normalized spacial score (nSPS) is 13.4. The van der Waals surface area contributed by atoms with Gasteiger partial charge in [0.1, 0.15) is 0 Å². The van der Waals surface area contributed by atoms with Crippen LogP contribution >= 0.6 is 11.3 Å². The molecule has 0 aromatic carbocycles. The van der Waals surface area contributed by atoms with Crippen LogP contribution in [0.2, 0.25) is 0 Å². The highest BCUT2D eigenvalue weighted by Crippen LogP contribution is 2.15. The molecule has 1 aromatic heterocycles. The van der Waals surface area contributed by atoms with E-state index in [0.717, 1.165) is 5.01 Å². The molecule has 2 heterocycles. The molecule has 2 rings (SSSR count). The van der Waals surface area contributed by atoms with Crippen molar-refractivity contribution in [2.75, 3.05) is 13.1 Å². The van der Waals surface area contributed by atoms with E-state index in [2.05, 4.69) is 5.43 Å². The van der Waals surface area contributed by atoms with E-state index in [-0.39, 0.29) is 18.9 Å². The Labute approximate surface area is 137 Å². The maximum atomic E-state index is 12.1. The number of nitrogens with one attached hydrogen (secondary N) is 1. The zero-order valence-corrected chi connectivity index (χ0v) is 13.4. The molecule has 2 N–H and O–H groups in total. The number of thiophene rings is 1. The first-order valence-electron chi connectivity index (χ1n) is 7.02. The minimum Gasteiger partial charge on any atom is -0.464 e. The fourth-order valence-electron chi connectivity index (χ4n) is 2.00. The molecule has 0 radical (unpaired) electrons. The molecule has 0 saturated heterocycles. The molecule has 0 fully saturated rings. The number of hydrogen-bond donors (Lipinski definition) is 2. The van der Waals surface area contributed by atoms with Gasteiger partial charge in [-0.05, 0) is 24.8 Å². The molecule has 1 aromatic rings. The summed E-state index contributed by atoms with van der Waals surface area (Å²) in [5.41, 5.74) is 2.72. The van der Waals surface area contributed by atoms with E-state index in [1.807, 2.05) is 11.4 Å². The van der Waals surface area contributed by atoms with Crippen molar-refractivity contribution < 1.29 is 19.5 Å². The Morgan fingerprint density at radius 2 is 2.22 bits per heavy atom. The first-order valence-corrected chi connectivity index (χ1v) is 7.90. The van der Waals surface area contributed by atoms with Gasteiger partial charge in [-0.25, -0.2) is 9.80 Å². The van der Waals surface area contributed by atoms with Crippen molar-refractivity contribution in [2.45, 2.75) is 13.3 Å². The minimum atomic E-state index is -1.22. The van der Waals surface area contributed by atoms with Crippen molar-refractivity contribution in [3.05, 3.63) is 46.4 Å². The summed E-state index contributed by atoms with van der Waals surface area (Å²) >= 11 is 1.37. The number of carbonyl (C=O) groups excluding carboxylic acids is 2. The molecule has 2 amide bonds. The van der Waals surface area contributed by atoms with E-state index in [9.17, 15) is 14.4 Å². The van der Waals surface area contributed by atoms with Gasteiger partial charge in [0.15, 0.2) is 5.78 Å². The molecular formula is C15H17N3O4S. The number of nitrogens with zero attached hydrogens (tertiary/aromatic N) is 2. The van der Waals surface area contributed by atoms with Gasteiger partial charge in [0, 0.05) is 24.5 Å². The number of hydrazine groups is 1. The number of carbonyl (C=O) groups is 3. The number of hydrogen-bond acceptors (Lipinski definition) is 5. The van der Waals surface area contributed by atoms with Gasteiger partial charge in [-0.1, -0.05) is 12.1 Å². The Kier molecular flexibility index (Phi) is 5.53. The van der Waals surface area contributed by atoms with Gasteiger partial charge in [-0.2, -0.15) is 0 Å². The lowest BCUT2D eigenvalue weighted by Gasteiger charge is -2.23. The quantitative estimate of drug-likeness (QED) is 0.635. The Morgan fingerprint density at radius 3 is 2.83 bits per heavy atom. The summed E-state index contributed by atoms with van der Waals surface area (Å²) in [6.45, 7) is 1.89. The zero-order chi connectivity index (χ0) is 16.8. The van der Waals surface area contributed by atoms with E-state index >= 15 is 0 Å². The molecule has 7 nitrogen and oxygen atoms in total. The number of allylic oxidation sites excluding steroid dienone is 1. The van der Waals surface area contributed by atoms with E-state index in [1.165, 1.54) is 11.3 Å². The Balaban J connectivity index is 2.00. The SMILES string of the molecule is CCN(NC(=O)C1=CN(CC(=O)c2cccs2)C=CC1)C(=O)O. The van der Waals surface area contributed by atoms with Crippen molar-refractivity contribution in [3.63, 3.8) is 0 Å². The molecular weight excluding hydrogens is 318 g/mol. The number of ketones is 1. The third-order valence-electron chi connectivity index (χ3n) is 3.15. The number of rotatable bonds is 5. The highest BCUT2D eigenvalue weighted by atomic mass is 32.1. The van der Waals surface area contributed by atoms with Crippen molar-refractivity contribution in [3.8, 4) is 0 Å². The largest absolute Gasteiger partial charge is 0.464 e. The van der Waals surface area contributed by atoms with Gasteiger partial charge in [0.25, 0.3) is 5.91 Å². The number of amides is 2. The van der Waals surface area contributed by atoms with Crippen LogP contribution in [0.4, 0.5) is 4.79 Å². The molecule has 0 atom stereocenters. The molecule has 8 heteroatoms. The molecule has 1 aliphatic heterocycles. The van der Waals surface area contributed by atoms with Gasteiger partial charge in [-0.3, -0.25) is 15.0 Å². The highest BCUT2D eigenvalue weighted by Gasteiger charge is 2.19. The molecule has 0 unspecified atom stereocenters. The predicted octanol–water partition coefficient (Wildman–Crippen LogP) is 2.07. The van der Waals surface area contributed by atoms with Crippen molar-refractivity contribution in [1.29, 1.82) is 0 Å². The van der Waals surface area contributed by atoms with Crippen LogP contribution in [0.25, 0.3) is 0 Å². The topological polar surface area (TPSA) is 90.0 Å². The minimum absolute atomic E-state index is 0.0386. The van der Waals surface area contributed by atoms with E-state index in [4.69, 9.17) is 5.11 Å². The molecule has 0 saturated carbocycles. The Morgan fingerprint density at radius 1 is 1.43 bits per heavy atom. The highest BCUT2D eigenvalue weighted by molar-refractivity contribution is 7.12. The van der Waals surface area contributed by atoms with Crippen molar-refractivity contribution >= 4 is 29.1 Å². The van der Waals surface area contributed by atoms with E-state index < -0.39 is 12.0 Å². The van der Waals surface area contributed by atoms with E-state index in [1.54, 1.807) is 36.4 Å². The second-order valence-corrected chi connectivity index (χ2v) is 5.73. The standard InChI is InChI=1S/C15H17N3O4S/c1-2-18(15(21)22)16-14(20)11-5-3-7-17(9-11)10-12(19)13-6-4-8-23-13/h3-4,6-9H,2,5,10H2,1H3,(H,16,20)(H,21,22). The average molecular weight is 335 g/mol. The van der Waals surface area contributed by atoms with Crippen LogP contribution in [0.1, 0.15) is 23.0 Å². The first kappa shape index (κ1) is 16.8. The van der Waals surface area contributed by atoms with Crippen molar-refractivity contribution in [1.82, 2.24) is 15.3 Å². The van der Waals surface area contributed by atoms with Crippen LogP contribution in [0, 0.1) is 0 Å². The first-order chi connectivity index (χ1) is 11.0. The van der Waals surface area contributed by atoms with Crippen LogP contribution < -0.4 is 5.43 Å². The van der Waals surface area contributed by atoms with Gasteiger partial charge < -0.3 is 10.0 Å². The molecule has 0 bridgehead atoms. The van der Waals surface area contributed by atoms with Gasteiger partial charge in [0.2, 0.25) is 0 Å². The summed E-state index contributed by atoms with van der Waals surface area (Å²) in [6.07, 6.45) is 4.21. The lowest BCUT2D eigenvalue weighted by atomic mass is 10.1. The lowest BCUT2D eigenvalue weighted by molar-refractivity contribution is -0.121. The third-order valence-corrected chi connectivity index (χ3v) is 4.06.